The summed E-state index contributed by atoms with van der Waals surface area (Å²) < 4.78 is 27.3. The Morgan fingerprint density at radius 1 is 1.18 bits per heavy atom. The minimum Gasteiger partial charge on any atom is -0.256 e. The van der Waals surface area contributed by atoms with Gasteiger partial charge in [0.1, 0.15) is 5.82 Å². The van der Waals surface area contributed by atoms with Gasteiger partial charge >= 0.3 is 5.69 Å². The van der Waals surface area contributed by atoms with Crippen molar-refractivity contribution >= 4 is 5.69 Å². The molecule has 6 heteroatoms. The van der Waals surface area contributed by atoms with Crippen LogP contribution >= 0.6 is 0 Å². The molecule has 0 aliphatic carbocycles. The number of pyridine rings is 1. The van der Waals surface area contributed by atoms with Crippen molar-refractivity contribution in [3.8, 4) is 11.3 Å². The van der Waals surface area contributed by atoms with Crippen LogP contribution in [0.5, 0.6) is 0 Å². The van der Waals surface area contributed by atoms with E-state index in [1.54, 1.807) is 12.1 Å². The number of nitrogens with zero attached hydrogens (tertiary/aromatic N) is 2. The number of hydrogen-bond donors (Lipinski definition) is 1. The Hall–Kier alpha value is -2.37. The first kappa shape index (κ1) is 11.1. The molecule has 1 aromatic carbocycles. The van der Waals surface area contributed by atoms with Crippen LogP contribution in [0.25, 0.3) is 11.3 Å². The molecule has 2 aromatic rings. The van der Waals surface area contributed by atoms with Crippen LogP contribution in [0.2, 0.25) is 0 Å². The van der Waals surface area contributed by atoms with E-state index in [1.165, 1.54) is 12.3 Å². The third-order valence-electron chi connectivity index (χ3n) is 2.20. The Morgan fingerprint density at radius 2 is 1.94 bits per heavy atom. The first-order valence-corrected chi connectivity index (χ1v) is 4.67. The van der Waals surface area contributed by atoms with Gasteiger partial charge in [-0.2, -0.15) is 4.39 Å². The zero-order chi connectivity index (χ0) is 12.4. The fourth-order valence-corrected chi connectivity index (χ4v) is 1.43. The lowest BCUT2D eigenvalue weighted by Crippen LogP contribution is -2.00. The minimum absolute atomic E-state index is 0.0474. The zero-order valence-corrected chi connectivity index (χ0v) is 8.47. The molecule has 0 saturated carbocycles. The van der Waals surface area contributed by atoms with Gasteiger partial charge in [-0.15, -0.1) is 0 Å². The Morgan fingerprint density at radius 3 is 2.53 bits per heavy atom. The highest BCUT2D eigenvalue weighted by Crippen LogP contribution is 2.29. The second-order valence-corrected chi connectivity index (χ2v) is 3.24. The van der Waals surface area contributed by atoms with Gasteiger partial charge < -0.3 is 0 Å². The van der Waals surface area contributed by atoms with Crippen molar-refractivity contribution in [2.24, 2.45) is 0 Å². The van der Waals surface area contributed by atoms with Crippen LogP contribution < -0.4 is 0 Å². The average Bonchev–Trinajstić information content (AvgIpc) is 2.30. The van der Waals surface area contributed by atoms with Crippen molar-refractivity contribution in [3.63, 3.8) is 0 Å². The van der Waals surface area contributed by atoms with Crippen molar-refractivity contribution in [3.05, 3.63) is 53.1 Å². The van der Waals surface area contributed by atoms with E-state index in [1.807, 2.05) is 0 Å². The monoisotopic (exact) mass is 237 g/mol. The SMILES string of the molecule is O=[N+](O)c1ccc(F)c(-c2ccccn2)c1F. The van der Waals surface area contributed by atoms with E-state index in [4.69, 9.17) is 5.21 Å². The molecule has 0 bridgehead atoms. The molecular formula is C11H7F2N2O2+. The molecule has 0 fully saturated rings. The van der Waals surface area contributed by atoms with E-state index < -0.39 is 27.8 Å². The molecule has 0 atom stereocenters. The Kier molecular flexibility index (Phi) is 2.78. The predicted octanol–water partition coefficient (Wildman–Crippen LogP) is 2.83. The van der Waals surface area contributed by atoms with E-state index in [0.717, 1.165) is 12.1 Å². The van der Waals surface area contributed by atoms with Crippen LogP contribution in [0.15, 0.2) is 36.5 Å². The fourth-order valence-electron chi connectivity index (χ4n) is 1.43. The molecule has 2 rings (SSSR count). The molecule has 1 N–H and O–H groups in total. The van der Waals surface area contributed by atoms with Gasteiger partial charge in [0, 0.05) is 12.3 Å². The second kappa shape index (κ2) is 4.25. The highest BCUT2D eigenvalue weighted by atomic mass is 19.1. The van der Waals surface area contributed by atoms with Gasteiger partial charge in [-0.3, -0.25) is 4.98 Å². The Balaban J connectivity index is 2.69. The average molecular weight is 237 g/mol. The van der Waals surface area contributed by atoms with E-state index in [2.05, 4.69) is 4.98 Å². The normalized spacial score (nSPS) is 10.2. The van der Waals surface area contributed by atoms with Gasteiger partial charge in [0.05, 0.1) is 16.2 Å². The van der Waals surface area contributed by atoms with Crippen molar-refractivity contribution < 1.29 is 18.9 Å². The molecule has 1 heterocycles. The molecule has 0 radical (unpaired) electrons. The number of halogens is 2. The maximum Gasteiger partial charge on any atom is 0.352 e. The maximum absolute atomic E-state index is 13.8. The van der Waals surface area contributed by atoms with E-state index in [-0.39, 0.29) is 5.69 Å². The molecule has 0 aliphatic heterocycles. The quantitative estimate of drug-likeness (QED) is 0.817. The van der Waals surface area contributed by atoms with Gasteiger partial charge in [0.15, 0.2) is 0 Å². The largest absolute Gasteiger partial charge is 0.352 e. The van der Waals surface area contributed by atoms with Crippen molar-refractivity contribution in [1.82, 2.24) is 4.98 Å². The summed E-state index contributed by atoms with van der Waals surface area (Å²) in [6, 6.07) is 6.29. The van der Waals surface area contributed by atoms with Gasteiger partial charge in [-0.1, -0.05) is 6.07 Å². The van der Waals surface area contributed by atoms with Gasteiger partial charge in [-0.25, -0.2) is 9.60 Å². The molecule has 0 amide bonds. The van der Waals surface area contributed by atoms with Gasteiger partial charge in [-0.05, 0) is 18.2 Å². The van der Waals surface area contributed by atoms with Crippen LogP contribution in [0.1, 0.15) is 0 Å². The topological polar surface area (TPSA) is 53.2 Å². The first-order chi connectivity index (χ1) is 8.11. The standard InChI is InChI=1S/C11H7F2N2O2/c12-7-4-5-9(15(16)17)11(13)10(7)8-3-1-2-6-14-8/h1-6H,(H,16,17)/q+1. The molecular weight excluding hydrogens is 230 g/mol. The Labute approximate surface area is 94.7 Å². The summed E-state index contributed by atoms with van der Waals surface area (Å²) in [7, 11) is 0. The smallest absolute Gasteiger partial charge is 0.256 e. The summed E-state index contributed by atoms with van der Waals surface area (Å²) in [6.45, 7) is 0. The number of hydrogen-bond acceptors (Lipinski definition) is 2. The third kappa shape index (κ3) is 1.96. The summed E-state index contributed by atoms with van der Waals surface area (Å²) in [5.41, 5.74) is -1.06. The fraction of sp³-hybridized carbons (Fsp3) is 0. The summed E-state index contributed by atoms with van der Waals surface area (Å²) in [6.07, 6.45) is 1.37. The van der Waals surface area contributed by atoms with Crippen LogP contribution in [0.3, 0.4) is 0 Å². The maximum atomic E-state index is 13.8. The summed E-state index contributed by atoms with van der Waals surface area (Å²) in [4.78, 5) is 13.8. The predicted molar refractivity (Wildman–Crippen MR) is 54.7 cm³/mol. The van der Waals surface area contributed by atoms with Crippen molar-refractivity contribution in [1.29, 1.82) is 0 Å². The Bertz CT molecular complexity index is 573. The van der Waals surface area contributed by atoms with Crippen LogP contribution in [0, 0.1) is 16.5 Å². The molecule has 0 spiro atoms. The van der Waals surface area contributed by atoms with Crippen LogP contribution in [0.4, 0.5) is 14.5 Å². The summed E-state index contributed by atoms with van der Waals surface area (Å²) >= 11 is 0. The zero-order valence-electron chi connectivity index (χ0n) is 8.47. The van der Waals surface area contributed by atoms with E-state index in [0.29, 0.717) is 0 Å². The minimum atomic E-state index is -1.15. The lowest BCUT2D eigenvalue weighted by Gasteiger charge is -2.02. The van der Waals surface area contributed by atoms with Crippen molar-refractivity contribution in [2.45, 2.75) is 0 Å². The van der Waals surface area contributed by atoms with E-state index in [9.17, 15) is 13.7 Å². The molecule has 0 saturated heterocycles. The highest BCUT2D eigenvalue weighted by Gasteiger charge is 2.26. The molecule has 0 unspecified atom stereocenters. The lowest BCUT2D eigenvalue weighted by atomic mass is 10.1. The molecule has 0 aliphatic rings. The summed E-state index contributed by atoms with van der Waals surface area (Å²) in [5, 5.41) is 8.66. The number of aromatic nitrogens is 1. The van der Waals surface area contributed by atoms with Gasteiger partial charge in [0.2, 0.25) is 5.82 Å². The van der Waals surface area contributed by atoms with Gasteiger partial charge in [0.25, 0.3) is 4.92 Å². The van der Waals surface area contributed by atoms with Crippen molar-refractivity contribution in [2.75, 3.05) is 0 Å². The molecule has 86 valence electrons. The number of rotatable bonds is 2. The molecule has 17 heavy (non-hydrogen) atoms. The second-order valence-electron chi connectivity index (χ2n) is 3.24. The highest BCUT2D eigenvalue weighted by molar-refractivity contribution is 5.64. The first-order valence-electron chi connectivity index (χ1n) is 4.67. The van der Waals surface area contributed by atoms with Crippen LogP contribution in [-0.4, -0.2) is 15.1 Å². The van der Waals surface area contributed by atoms with E-state index >= 15 is 0 Å². The van der Waals surface area contributed by atoms with Crippen LogP contribution in [-0.2, 0) is 0 Å². The number of benzene rings is 1. The molecule has 1 aromatic heterocycles. The summed E-state index contributed by atoms with van der Waals surface area (Å²) in [5.74, 6) is -2.01. The molecule has 4 nitrogen and oxygen atoms in total. The lowest BCUT2D eigenvalue weighted by molar-refractivity contribution is -0.730. The third-order valence-corrected chi connectivity index (χ3v) is 2.20.